The van der Waals surface area contributed by atoms with E-state index in [4.69, 9.17) is 10.5 Å². The molecule has 0 amide bonds. The number of piperidine rings is 1. The van der Waals surface area contributed by atoms with Crippen molar-refractivity contribution in [2.24, 2.45) is 0 Å². The molecule has 0 bridgehead atoms. The van der Waals surface area contributed by atoms with Crippen molar-refractivity contribution < 1.29 is 4.74 Å². The number of ether oxygens (including phenoxy) is 1. The first-order valence-electron chi connectivity index (χ1n) is 6.46. The molecule has 0 radical (unpaired) electrons. The van der Waals surface area contributed by atoms with Crippen LogP contribution in [-0.4, -0.2) is 45.2 Å². The van der Waals surface area contributed by atoms with Crippen LogP contribution in [0.4, 0.5) is 11.4 Å². The molecule has 0 spiro atoms. The summed E-state index contributed by atoms with van der Waals surface area (Å²) in [6.45, 7) is 2.18. The third kappa shape index (κ3) is 2.70. The Morgan fingerprint density at radius 2 is 1.94 bits per heavy atom. The standard InChI is InChI=1S/C14H23N3O/c1-16(2)11-6-8-17(9-7-11)12-4-5-14(18-3)13(15)10-12/h4-5,10-11H,6-9,15H2,1-3H3. The molecule has 1 fully saturated rings. The molecule has 2 rings (SSSR count). The molecule has 18 heavy (non-hydrogen) atoms. The van der Waals surface area contributed by atoms with E-state index in [9.17, 15) is 0 Å². The zero-order chi connectivity index (χ0) is 13.1. The van der Waals surface area contributed by atoms with E-state index in [0.29, 0.717) is 11.7 Å². The van der Waals surface area contributed by atoms with Gasteiger partial charge in [0.1, 0.15) is 5.75 Å². The van der Waals surface area contributed by atoms with Crippen LogP contribution in [0.1, 0.15) is 12.8 Å². The van der Waals surface area contributed by atoms with E-state index in [-0.39, 0.29) is 0 Å². The van der Waals surface area contributed by atoms with E-state index in [0.717, 1.165) is 18.8 Å². The number of nitrogens with zero attached hydrogens (tertiary/aromatic N) is 2. The molecule has 0 saturated carbocycles. The number of hydrogen-bond donors (Lipinski definition) is 1. The highest BCUT2D eigenvalue weighted by Gasteiger charge is 2.21. The maximum absolute atomic E-state index is 5.95. The molecule has 2 N–H and O–H groups in total. The minimum absolute atomic E-state index is 0.705. The number of hydrogen-bond acceptors (Lipinski definition) is 4. The number of nitrogen functional groups attached to an aromatic ring is 1. The summed E-state index contributed by atoms with van der Waals surface area (Å²) < 4.78 is 5.19. The molecular weight excluding hydrogens is 226 g/mol. The predicted octanol–water partition coefficient (Wildman–Crippen LogP) is 1.81. The average Bonchev–Trinajstić information content (AvgIpc) is 2.38. The van der Waals surface area contributed by atoms with Crippen molar-refractivity contribution in [2.75, 3.05) is 44.9 Å². The highest BCUT2D eigenvalue weighted by molar-refractivity contribution is 5.63. The first-order chi connectivity index (χ1) is 8.61. The van der Waals surface area contributed by atoms with Gasteiger partial charge in [-0.15, -0.1) is 0 Å². The van der Waals surface area contributed by atoms with E-state index in [2.05, 4.69) is 30.0 Å². The number of anilines is 2. The molecule has 100 valence electrons. The fourth-order valence-corrected chi connectivity index (χ4v) is 2.56. The Hall–Kier alpha value is -1.42. The quantitative estimate of drug-likeness (QED) is 0.830. The highest BCUT2D eigenvalue weighted by atomic mass is 16.5. The number of rotatable bonds is 3. The Kier molecular flexibility index (Phi) is 3.97. The van der Waals surface area contributed by atoms with Crippen molar-refractivity contribution in [3.05, 3.63) is 18.2 Å². The molecule has 0 atom stereocenters. The summed E-state index contributed by atoms with van der Waals surface area (Å²) in [6.07, 6.45) is 2.41. The van der Waals surface area contributed by atoms with E-state index in [1.807, 2.05) is 12.1 Å². The van der Waals surface area contributed by atoms with Gasteiger partial charge in [0.05, 0.1) is 12.8 Å². The van der Waals surface area contributed by atoms with Crippen LogP contribution in [0.5, 0.6) is 5.75 Å². The molecule has 1 aliphatic heterocycles. The van der Waals surface area contributed by atoms with Gasteiger partial charge in [-0.2, -0.15) is 0 Å². The summed E-state index contributed by atoms with van der Waals surface area (Å²) in [5.74, 6) is 0.752. The van der Waals surface area contributed by atoms with Crippen molar-refractivity contribution in [3.63, 3.8) is 0 Å². The van der Waals surface area contributed by atoms with E-state index in [1.54, 1.807) is 7.11 Å². The van der Waals surface area contributed by atoms with Gasteiger partial charge in [-0.05, 0) is 45.1 Å². The maximum atomic E-state index is 5.95. The lowest BCUT2D eigenvalue weighted by Crippen LogP contribution is -2.41. The van der Waals surface area contributed by atoms with Gasteiger partial charge in [0.2, 0.25) is 0 Å². The molecule has 1 aliphatic rings. The summed E-state index contributed by atoms with van der Waals surface area (Å²) in [5.41, 5.74) is 7.87. The SMILES string of the molecule is COc1ccc(N2CCC(N(C)C)CC2)cc1N. The molecule has 0 aromatic heterocycles. The smallest absolute Gasteiger partial charge is 0.141 e. The Morgan fingerprint density at radius 1 is 1.28 bits per heavy atom. The van der Waals surface area contributed by atoms with Gasteiger partial charge in [0.15, 0.2) is 0 Å². The number of nitrogens with two attached hydrogens (primary N) is 1. The lowest BCUT2D eigenvalue weighted by molar-refractivity contribution is 0.249. The summed E-state index contributed by atoms with van der Waals surface area (Å²) in [4.78, 5) is 4.72. The van der Waals surface area contributed by atoms with Crippen LogP contribution in [0.15, 0.2) is 18.2 Å². The molecular formula is C14H23N3O. The van der Waals surface area contributed by atoms with Crippen LogP contribution in [0.25, 0.3) is 0 Å². The molecule has 4 nitrogen and oxygen atoms in total. The Bertz CT molecular complexity index is 398. The molecule has 0 unspecified atom stereocenters. The average molecular weight is 249 g/mol. The van der Waals surface area contributed by atoms with Crippen molar-refractivity contribution in [2.45, 2.75) is 18.9 Å². The summed E-state index contributed by atoms with van der Waals surface area (Å²) >= 11 is 0. The van der Waals surface area contributed by atoms with Crippen LogP contribution < -0.4 is 15.4 Å². The second-order valence-corrected chi connectivity index (χ2v) is 5.11. The topological polar surface area (TPSA) is 41.7 Å². The highest BCUT2D eigenvalue weighted by Crippen LogP contribution is 2.29. The van der Waals surface area contributed by atoms with E-state index < -0.39 is 0 Å². The molecule has 1 heterocycles. The van der Waals surface area contributed by atoms with Gasteiger partial charge >= 0.3 is 0 Å². The van der Waals surface area contributed by atoms with Crippen LogP contribution in [-0.2, 0) is 0 Å². The monoisotopic (exact) mass is 249 g/mol. The fraction of sp³-hybridized carbons (Fsp3) is 0.571. The summed E-state index contributed by atoms with van der Waals surface area (Å²) in [6, 6.07) is 6.75. The van der Waals surface area contributed by atoms with E-state index in [1.165, 1.54) is 18.5 Å². The first-order valence-corrected chi connectivity index (χ1v) is 6.46. The zero-order valence-corrected chi connectivity index (χ0v) is 11.5. The van der Waals surface area contributed by atoms with Crippen molar-refractivity contribution in [3.8, 4) is 5.75 Å². The van der Waals surface area contributed by atoms with Gasteiger partial charge in [0.25, 0.3) is 0 Å². The number of benzene rings is 1. The minimum atomic E-state index is 0.705. The first kappa shape index (κ1) is 13.0. The molecule has 1 aromatic rings. The molecule has 1 aromatic carbocycles. The lowest BCUT2D eigenvalue weighted by Gasteiger charge is -2.36. The normalized spacial score (nSPS) is 17.2. The third-order valence-corrected chi connectivity index (χ3v) is 3.77. The third-order valence-electron chi connectivity index (χ3n) is 3.77. The summed E-state index contributed by atoms with van der Waals surface area (Å²) in [7, 11) is 5.96. The molecule has 1 saturated heterocycles. The molecule has 4 heteroatoms. The van der Waals surface area contributed by atoms with Gasteiger partial charge in [0, 0.05) is 24.8 Å². The zero-order valence-electron chi connectivity index (χ0n) is 11.5. The van der Waals surface area contributed by atoms with Crippen molar-refractivity contribution in [1.29, 1.82) is 0 Å². The minimum Gasteiger partial charge on any atom is -0.495 e. The van der Waals surface area contributed by atoms with Crippen molar-refractivity contribution in [1.82, 2.24) is 4.90 Å². The van der Waals surface area contributed by atoms with E-state index >= 15 is 0 Å². The maximum Gasteiger partial charge on any atom is 0.141 e. The Balaban J connectivity index is 2.03. The van der Waals surface area contributed by atoms with Crippen LogP contribution in [0.2, 0.25) is 0 Å². The van der Waals surface area contributed by atoms with Crippen molar-refractivity contribution >= 4 is 11.4 Å². The lowest BCUT2D eigenvalue weighted by atomic mass is 10.0. The molecule has 0 aliphatic carbocycles. The second kappa shape index (κ2) is 5.48. The number of methoxy groups -OCH3 is 1. The van der Waals surface area contributed by atoms with Crippen LogP contribution in [0, 0.1) is 0 Å². The van der Waals surface area contributed by atoms with Gasteiger partial charge in [-0.1, -0.05) is 0 Å². The Morgan fingerprint density at radius 3 is 2.44 bits per heavy atom. The van der Waals surface area contributed by atoms with Gasteiger partial charge < -0.3 is 20.3 Å². The van der Waals surface area contributed by atoms with Gasteiger partial charge in [-0.3, -0.25) is 0 Å². The predicted molar refractivity (Wildman–Crippen MR) is 76.3 cm³/mol. The second-order valence-electron chi connectivity index (χ2n) is 5.11. The largest absolute Gasteiger partial charge is 0.495 e. The van der Waals surface area contributed by atoms with Crippen LogP contribution in [0.3, 0.4) is 0 Å². The van der Waals surface area contributed by atoms with Crippen LogP contribution >= 0.6 is 0 Å². The fourth-order valence-electron chi connectivity index (χ4n) is 2.56. The van der Waals surface area contributed by atoms with Gasteiger partial charge in [-0.25, -0.2) is 0 Å². The Labute approximate surface area is 109 Å². The summed E-state index contributed by atoms with van der Waals surface area (Å²) in [5, 5.41) is 0.